The summed E-state index contributed by atoms with van der Waals surface area (Å²) in [4.78, 5) is 0.838. The zero-order chi connectivity index (χ0) is 21.2. The number of hydrogen-bond donors (Lipinski definition) is 0. The first-order valence-electron chi connectivity index (χ1n) is 9.70. The molecule has 3 aromatic carbocycles. The van der Waals surface area contributed by atoms with Crippen LogP contribution in [-0.2, 0) is 13.0 Å². The van der Waals surface area contributed by atoms with E-state index in [0.717, 1.165) is 33.5 Å². The summed E-state index contributed by atoms with van der Waals surface area (Å²) in [6.07, 6.45) is 0.371. The van der Waals surface area contributed by atoms with Crippen molar-refractivity contribution in [2.75, 3.05) is 7.11 Å². The number of allylic oxidation sites excluding steroid dienone is 2. The van der Waals surface area contributed by atoms with Crippen molar-refractivity contribution < 1.29 is 18.3 Å². The van der Waals surface area contributed by atoms with Crippen LogP contribution in [0.4, 0.5) is 8.78 Å². The topological polar surface area (TPSA) is 18.5 Å². The molecule has 0 radical (unpaired) electrons. The third-order valence-electron chi connectivity index (χ3n) is 4.46. The number of alkyl halides is 2. The smallest absolute Gasteiger partial charge is 0.269 e. The molecule has 0 amide bonds. The molecule has 0 aliphatic heterocycles. The van der Waals surface area contributed by atoms with Crippen LogP contribution in [0.5, 0.6) is 11.5 Å². The first kappa shape index (κ1) is 21.9. The van der Waals surface area contributed by atoms with E-state index in [-0.39, 0.29) is 4.91 Å². The Balaban J connectivity index is 1.51. The molecule has 0 bridgehead atoms. The van der Waals surface area contributed by atoms with Crippen molar-refractivity contribution in [2.45, 2.75) is 30.8 Å². The molecule has 3 rings (SSSR count). The maximum atomic E-state index is 13.4. The standard InChI is InChI=1S/C25H24F2O2S/c1-28-21-14-16-23(17-15-21)30-24(25(26)27)9-5-8-19-10-12-22(13-11-19)29-18-20-6-3-2-4-7-20/h2-4,6-7,9-17,25H,5,8,18H2,1H3/b24-9-. The highest BCUT2D eigenvalue weighted by Gasteiger charge is 2.12. The van der Waals surface area contributed by atoms with Gasteiger partial charge in [0, 0.05) is 4.90 Å². The molecule has 0 aliphatic rings. The van der Waals surface area contributed by atoms with Gasteiger partial charge >= 0.3 is 0 Å². The van der Waals surface area contributed by atoms with Crippen LogP contribution in [0.3, 0.4) is 0 Å². The fourth-order valence-corrected chi connectivity index (χ4v) is 3.66. The molecule has 5 heteroatoms. The van der Waals surface area contributed by atoms with Crippen molar-refractivity contribution >= 4 is 11.8 Å². The van der Waals surface area contributed by atoms with E-state index in [1.165, 1.54) is 0 Å². The summed E-state index contributed by atoms with van der Waals surface area (Å²) in [5.41, 5.74) is 2.20. The molecular weight excluding hydrogens is 402 g/mol. The third-order valence-corrected chi connectivity index (χ3v) is 5.55. The summed E-state index contributed by atoms with van der Waals surface area (Å²) in [7, 11) is 1.58. The van der Waals surface area contributed by atoms with Crippen molar-refractivity contribution in [2.24, 2.45) is 0 Å². The number of ether oxygens (including phenoxy) is 2. The molecule has 0 fully saturated rings. The van der Waals surface area contributed by atoms with Gasteiger partial charge in [0.25, 0.3) is 6.43 Å². The monoisotopic (exact) mass is 426 g/mol. The van der Waals surface area contributed by atoms with Crippen LogP contribution in [0, 0.1) is 0 Å². The predicted octanol–water partition coefficient (Wildman–Crippen LogP) is 7.15. The number of halogens is 2. The normalized spacial score (nSPS) is 11.5. The average Bonchev–Trinajstić information content (AvgIpc) is 2.79. The first-order chi connectivity index (χ1) is 14.6. The fourth-order valence-electron chi connectivity index (χ4n) is 2.83. The molecule has 0 aliphatic carbocycles. The Morgan fingerprint density at radius 3 is 2.17 bits per heavy atom. The van der Waals surface area contributed by atoms with Gasteiger partial charge in [0.1, 0.15) is 18.1 Å². The van der Waals surface area contributed by atoms with Crippen molar-refractivity contribution in [1.29, 1.82) is 0 Å². The highest BCUT2D eigenvalue weighted by Crippen LogP contribution is 2.32. The van der Waals surface area contributed by atoms with E-state index < -0.39 is 6.43 Å². The second-order valence-electron chi connectivity index (χ2n) is 6.64. The molecule has 156 valence electrons. The van der Waals surface area contributed by atoms with Gasteiger partial charge in [0.15, 0.2) is 0 Å². The van der Waals surface area contributed by atoms with Crippen LogP contribution in [0.1, 0.15) is 17.5 Å². The Kier molecular flexibility index (Phi) is 8.33. The maximum Gasteiger partial charge on any atom is 0.269 e. The Bertz CT molecular complexity index is 924. The maximum absolute atomic E-state index is 13.4. The van der Waals surface area contributed by atoms with E-state index in [0.29, 0.717) is 25.2 Å². The molecule has 0 saturated carbocycles. The van der Waals surface area contributed by atoms with E-state index in [9.17, 15) is 8.78 Å². The molecule has 0 aromatic heterocycles. The summed E-state index contributed by atoms with van der Waals surface area (Å²) in [6.45, 7) is 0.517. The van der Waals surface area contributed by atoms with E-state index in [1.54, 1.807) is 37.5 Å². The van der Waals surface area contributed by atoms with Crippen molar-refractivity contribution in [3.8, 4) is 11.5 Å². The van der Waals surface area contributed by atoms with Gasteiger partial charge in [0.2, 0.25) is 0 Å². The van der Waals surface area contributed by atoms with Gasteiger partial charge in [-0.1, -0.05) is 60.3 Å². The largest absolute Gasteiger partial charge is 0.497 e. The Labute approximate surface area is 180 Å². The van der Waals surface area contributed by atoms with Gasteiger partial charge in [0.05, 0.1) is 12.0 Å². The Morgan fingerprint density at radius 1 is 0.867 bits per heavy atom. The molecule has 0 N–H and O–H groups in total. The zero-order valence-electron chi connectivity index (χ0n) is 16.8. The van der Waals surface area contributed by atoms with E-state index in [4.69, 9.17) is 9.47 Å². The Hall–Kier alpha value is -2.79. The molecule has 2 nitrogen and oxygen atoms in total. The van der Waals surface area contributed by atoms with Crippen LogP contribution in [0.25, 0.3) is 0 Å². The number of rotatable bonds is 10. The third kappa shape index (κ3) is 6.92. The molecule has 0 heterocycles. The molecule has 0 atom stereocenters. The van der Waals surface area contributed by atoms with E-state index in [1.807, 2.05) is 54.6 Å². The predicted molar refractivity (Wildman–Crippen MR) is 118 cm³/mol. The van der Waals surface area contributed by atoms with Crippen LogP contribution in [0.15, 0.2) is 94.7 Å². The van der Waals surface area contributed by atoms with E-state index in [2.05, 4.69) is 0 Å². The second-order valence-corrected chi connectivity index (χ2v) is 7.79. The number of aryl methyl sites for hydroxylation is 1. The molecule has 0 spiro atoms. The lowest BCUT2D eigenvalue weighted by atomic mass is 10.1. The minimum atomic E-state index is -2.49. The summed E-state index contributed by atoms with van der Waals surface area (Å²) in [6, 6.07) is 24.9. The van der Waals surface area contributed by atoms with Crippen molar-refractivity contribution in [3.05, 3.63) is 101 Å². The highest BCUT2D eigenvalue weighted by molar-refractivity contribution is 8.03. The van der Waals surface area contributed by atoms with Gasteiger partial charge in [-0.15, -0.1) is 0 Å². The quantitative estimate of drug-likeness (QED) is 0.321. The highest BCUT2D eigenvalue weighted by atomic mass is 32.2. The molecule has 0 saturated heterocycles. The zero-order valence-corrected chi connectivity index (χ0v) is 17.6. The first-order valence-corrected chi connectivity index (χ1v) is 10.5. The summed E-state index contributed by atoms with van der Waals surface area (Å²) in [5, 5.41) is 0. The minimum absolute atomic E-state index is 0.0722. The fraction of sp³-hybridized carbons (Fsp3) is 0.200. The number of thioether (sulfide) groups is 1. The minimum Gasteiger partial charge on any atom is -0.497 e. The SMILES string of the molecule is COc1ccc(S/C(=C\CCc2ccc(OCc3ccccc3)cc2)C(F)F)cc1. The molecule has 3 aromatic rings. The van der Waals surface area contributed by atoms with E-state index >= 15 is 0 Å². The van der Waals surface area contributed by atoms with Gasteiger partial charge in [-0.2, -0.15) is 0 Å². The summed E-state index contributed by atoms with van der Waals surface area (Å²) >= 11 is 1.09. The lowest BCUT2D eigenvalue weighted by Gasteiger charge is -2.08. The average molecular weight is 427 g/mol. The molecule has 0 unspecified atom stereocenters. The summed E-state index contributed by atoms with van der Waals surface area (Å²) < 4.78 is 37.7. The van der Waals surface area contributed by atoms with Crippen LogP contribution < -0.4 is 9.47 Å². The van der Waals surface area contributed by atoms with Gasteiger partial charge in [-0.3, -0.25) is 0 Å². The van der Waals surface area contributed by atoms with Crippen LogP contribution in [0.2, 0.25) is 0 Å². The number of hydrogen-bond acceptors (Lipinski definition) is 3. The number of benzene rings is 3. The van der Waals surface area contributed by atoms with Crippen LogP contribution >= 0.6 is 11.8 Å². The number of methoxy groups -OCH3 is 1. The van der Waals surface area contributed by atoms with Gasteiger partial charge < -0.3 is 9.47 Å². The summed E-state index contributed by atoms with van der Waals surface area (Å²) in [5.74, 6) is 1.50. The van der Waals surface area contributed by atoms with Gasteiger partial charge in [-0.05, 0) is 60.4 Å². The van der Waals surface area contributed by atoms with Crippen molar-refractivity contribution in [3.63, 3.8) is 0 Å². The van der Waals surface area contributed by atoms with Crippen LogP contribution in [-0.4, -0.2) is 13.5 Å². The Morgan fingerprint density at radius 2 is 1.53 bits per heavy atom. The molecular formula is C25H24F2O2S. The lowest BCUT2D eigenvalue weighted by molar-refractivity contribution is 0.199. The second kappa shape index (κ2) is 11.4. The van der Waals surface area contributed by atoms with Gasteiger partial charge in [-0.25, -0.2) is 8.78 Å². The van der Waals surface area contributed by atoms with Crippen molar-refractivity contribution in [1.82, 2.24) is 0 Å². The lowest BCUT2D eigenvalue weighted by Crippen LogP contribution is -1.95. The molecule has 30 heavy (non-hydrogen) atoms.